The van der Waals surface area contributed by atoms with Gasteiger partial charge >= 0.3 is 0 Å². The van der Waals surface area contributed by atoms with Gasteiger partial charge in [-0.15, -0.1) is 11.3 Å². The molecular formula is C11H19N3S. The van der Waals surface area contributed by atoms with Gasteiger partial charge in [0.05, 0.1) is 11.2 Å². The van der Waals surface area contributed by atoms with Crippen LogP contribution in [0.5, 0.6) is 0 Å². The molecule has 15 heavy (non-hydrogen) atoms. The van der Waals surface area contributed by atoms with E-state index in [0.29, 0.717) is 5.92 Å². The van der Waals surface area contributed by atoms with Crippen LogP contribution in [-0.4, -0.2) is 36.1 Å². The number of nitrogens with one attached hydrogen (secondary N) is 1. The molecule has 0 radical (unpaired) electrons. The molecule has 2 heterocycles. The van der Waals surface area contributed by atoms with Crippen LogP contribution >= 0.6 is 11.3 Å². The highest BCUT2D eigenvalue weighted by atomic mass is 32.1. The van der Waals surface area contributed by atoms with Crippen molar-refractivity contribution in [3.05, 3.63) is 16.1 Å². The molecule has 1 aliphatic rings. The van der Waals surface area contributed by atoms with Gasteiger partial charge in [-0.25, -0.2) is 4.98 Å². The summed E-state index contributed by atoms with van der Waals surface area (Å²) < 4.78 is 0. The third-order valence-corrected chi connectivity index (χ3v) is 3.63. The fourth-order valence-corrected chi connectivity index (χ4v) is 2.90. The average molecular weight is 225 g/mol. The van der Waals surface area contributed by atoms with Gasteiger partial charge < -0.3 is 5.32 Å². The molecule has 1 aromatic rings. The minimum atomic E-state index is 0.550. The van der Waals surface area contributed by atoms with E-state index in [1.54, 1.807) is 11.3 Å². The molecule has 4 heteroatoms. The third kappa shape index (κ3) is 2.77. The second-order valence-corrected chi connectivity index (χ2v) is 5.28. The topological polar surface area (TPSA) is 28.2 Å². The molecule has 0 aromatic carbocycles. The Hall–Kier alpha value is -0.450. The first kappa shape index (κ1) is 11.0. The number of nitrogens with zero attached hydrogens (tertiary/aromatic N) is 2. The van der Waals surface area contributed by atoms with E-state index < -0.39 is 0 Å². The molecule has 1 N–H and O–H groups in total. The van der Waals surface area contributed by atoms with E-state index in [1.807, 2.05) is 5.51 Å². The first-order valence-corrected chi connectivity index (χ1v) is 6.50. The first-order chi connectivity index (χ1) is 7.27. The Kier molecular flexibility index (Phi) is 3.72. The Morgan fingerprint density at radius 1 is 1.47 bits per heavy atom. The molecule has 0 amide bonds. The predicted octanol–water partition coefficient (Wildman–Crippen LogP) is 1.67. The minimum absolute atomic E-state index is 0.550. The van der Waals surface area contributed by atoms with Crippen molar-refractivity contribution in [2.24, 2.45) is 0 Å². The Bertz CT molecular complexity index is 303. The number of rotatable bonds is 3. The number of piperazine rings is 1. The molecule has 0 saturated carbocycles. The molecule has 3 nitrogen and oxygen atoms in total. The van der Waals surface area contributed by atoms with E-state index in [0.717, 1.165) is 32.7 Å². The van der Waals surface area contributed by atoms with E-state index in [-0.39, 0.29) is 0 Å². The Labute approximate surface area is 95.5 Å². The lowest BCUT2D eigenvalue weighted by Crippen LogP contribution is -2.42. The summed E-state index contributed by atoms with van der Waals surface area (Å²) in [5.41, 5.74) is 3.27. The van der Waals surface area contributed by atoms with Gasteiger partial charge in [-0.2, -0.15) is 0 Å². The fourth-order valence-electron chi connectivity index (χ4n) is 1.94. The van der Waals surface area contributed by atoms with E-state index in [1.165, 1.54) is 10.6 Å². The van der Waals surface area contributed by atoms with Gasteiger partial charge in [-0.05, 0) is 5.92 Å². The van der Waals surface area contributed by atoms with Crippen LogP contribution in [0.3, 0.4) is 0 Å². The molecule has 2 rings (SSSR count). The van der Waals surface area contributed by atoms with Crippen LogP contribution < -0.4 is 5.32 Å². The first-order valence-electron chi connectivity index (χ1n) is 5.62. The monoisotopic (exact) mass is 225 g/mol. The van der Waals surface area contributed by atoms with E-state index >= 15 is 0 Å². The largest absolute Gasteiger partial charge is 0.314 e. The summed E-state index contributed by atoms with van der Waals surface area (Å²) >= 11 is 1.80. The van der Waals surface area contributed by atoms with Gasteiger partial charge in [0.1, 0.15) is 0 Å². The zero-order chi connectivity index (χ0) is 10.7. The summed E-state index contributed by atoms with van der Waals surface area (Å²) in [6.07, 6.45) is 0. The molecule has 0 atom stereocenters. The minimum Gasteiger partial charge on any atom is -0.314 e. The molecule has 1 saturated heterocycles. The SMILES string of the molecule is CC(C)c1ncsc1CN1CCNCC1. The quantitative estimate of drug-likeness (QED) is 0.848. The highest BCUT2D eigenvalue weighted by Crippen LogP contribution is 2.23. The van der Waals surface area contributed by atoms with Crippen LogP contribution in [0.4, 0.5) is 0 Å². The molecule has 1 fully saturated rings. The third-order valence-electron chi connectivity index (χ3n) is 2.80. The smallest absolute Gasteiger partial charge is 0.0798 e. The molecule has 0 unspecified atom stereocenters. The second-order valence-electron chi connectivity index (χ2n) is 4.34. The van der Waals surface area contributed by atoms with Crippen molar-refractivity contribution >= 4 is 11.3 Å². The van der Waals surface area contributed by atoms with Gasteiger partial charge in [-0.3, -0.25) is 4.90 Å². The lowest BCUT2D eigenvalue weighted by Gasteiger charge is -2.27. The maximum Gasteiger partial charge on any atom is 0.0798 e. The number of hydrogen-bond donors (Lipinski definition) is 1. The van der Waals surface area contributed by atoms with Crippen molar-refractivity contribution in [1.82, 2.24) is 15.2 Å². The Balaban J connectivity index is 1.99. The molecule has 1 aliphatic heterocycles. The summed E-state index contributed by atoms with van der Waals surface area (Å²) in [4.78, 5) is 8.42. The van der Waals surface area contributed by atoms with Crippen molar-refractivity contribution in [1.29, 1.82) is 0 Å². The number of hydrogen-bond acceptors (Lipinski definition) is 4. The maximum atomic E-state index is 4.46. The fraction of sp³-hybridized carbons (Fsp3) is 0.727. The zero-order valence-corrected chi connectivity index (χ0v) is 10.3. The van der Waals surface area contributed by atoms with Crippen LogP contribution in [0.15, 0.2) is 5.51 Å². The normalized spacial score (nSPS) is 18.6. The van der Waals surface area contributed by atoms with Crippen LogP contribution in [0.2, 0.25) is 0 Å². The van der Waals surface area contributed by atoms with Gasteiger partial charge in [0, 0.05) is 37.6 Å². The molecule has 0 aliphatic carbocycles. The van der Waals surface area contributed by atoms with Gasteiger partial charge in [0.25, 0.3) is 0 Å². The van der Waals surface area contributed by atoms with Crippen molar-refractivity contribution in [2.75, 3.05) is 26.2 Å². The molecule has 0 bridgehead atoms. The summed E-state index contributed by atoms with van der Waals surface area (Å²) in [5.74, 6) is 0.550. The summed E-state index contributed by atoms with van der Waals surface area (Å²) in [6, 6.07) is 0. The van der Waals surface area contributed by atoms with E-state index in [2.05, 4.69) is 29.0 Å². The standard InChI is InChI=1S/C11H19N3S/c1-9(2)11-10(15-8-13-11)7-14-5-3-12-4-6-14/h8-9,12H,3-7H2,1-2H3. The summed E-state index contributed by atoms with van der Waals surface area (Å²) in [7, 11) is 0. The van der Waals surface area contributed by atoms with Crippen molar-refractivity contribution in [2.45, 2.75) is 26.3 Å². The predicted molar refractivity (Wildman–Crippen MR) is 64.3 cm³/mol. The number of aromatic nitrogens is 1. The summed E-state index contributed by atoms with van der Waals surface area (Å²) in [6.45, 7) is 10.1. The highest BCUT2D eigenvalue weighted by molar-refractivity contribution is 7.09. The molecule has 0 spiro atoms. The van der Waals surface area contributed by atoms with E-state index in [9.17, 15) is 0 Å². The molecule has 84 valence electrons. The van der Waals surface area contributed by atoms with E-state index in [4.69, 9.17) is 0 Å². The van der Waals surface area contributed by atoms with Crippen LogP contribution in [-0.2, 0) is 6.54 Å². The number of thiazole rings is 1. The summed E-state index contributed by atoms with van der Waals surface area (Å²) in [5, 5.41) is 3.38. The van der Waals surface area contributed by atoms with Crippen LogP contribution in [0.25, 0.3) is 0 Å². The maximum absolute atomic E-state index is 4.46. The molecule has 1 aromatic heterocycles. The van der Waals surface area contributed by atoms with Crippen molar-refractivity contribution < 1.29 is 0 Å². The second kappa shape index (κ2) is 5.05. The van der Waals surface area contributed by atoms with Crippen molar-refractivity contribution in [3.8, 4) is 0 Å². The Morgan fingerprint density at radius 2 is 2.20 bits per heavy atom. The van der Waals surface area contributed by atoms with Crippen LogP contribution in [0, 0.1) is 0 Å². The lowest BCUT2D eigenvalue weighted by molar-refractivity contribution is 0.234. The van der Waals surface area contributed by atoms with Gasteiger partial charge in [-0.1, -0.05) is 13.8 Å². The van der Waals surface area contributed by atoms with Crippen LogP contribution in [0.1, 0.15) is 30.3 Å². The zero-order valence-electron chi connectivity index (χ0n) is 9.49. The average Bonchev–Trinajstić information content (AvgIpc) is 2.67. The Morgan fingerprint density at radius 3 is 2.87 bits per heavy atom. The highest BCUT2D eigenvalue weighted by Gasteiger charge is 2.15. The van der Waals surface area contributed by atoms with Gasteiger partial charge in [0.2, 0.25) is 0 Å². The van der Waals surface area contributed by atoms with Gasteiger partial charge in [0.15, 0.2) is 0 Å². The lowest BCUT2D eigenvalue weighted by atomic mass is 10.1. The molecular weight excluding hydrogens is 206 g/mol. The van der Waals surface area contributed by atoms with Crippen molar-refractivity contribution in [3.63, 3.8) is 0 Å².